The number of hydrogen-bond acceptors (Lipinski definition) is 4. The Morgan fingerprint density at radius 3 is 2.06 bits per heavy atom. The van der Waals surface area contributed by atoms with Gasteiger partial charge in [0.2, 0.25) is 0 Å². The molecule has 0 saturated carbocycles. The van der Waals surface area contributed by atoms with Crippen LogP contribution in [0.2, 0.25) is 0 Å². The van der Waals surface area contributed by atoms with Crippen LogP contribution in [0.4, 0.5) is 0 Å². The van der Waals surface area contributed by atoms with E-state index >= 15 is 0 Å². The Balaban J connectivity index is 1.20. The average molecular weight is 707 g/mol. The second-order valence-electron chi connectivity index (χ2n) is 13.7. The van der Waals surface area contributed by atoms with Crippen LogP contribution in [0, 0.1) is 0 Å². The molecule has 5 heteroatoms. The molecule has 53 heavy (non-hydrogen) atoms. The number of benzene rings is 7. The zero-order valence-corrected chi connectivity index (χ0v) is 29.3. The van der Waals surface area contributed by atoms with E-state index in [9.17, 15) is 4.11 Å². The molecule has 1 aliphatic rings. The molecule has 3 aromatic heterocycles. The second-order valence-corrected chi connectivity index (χ2v) is 14.7. The number of fused-ring (bicyclic) bond motifs is 10. The minimum Gasteiger partial charge on any atom is -0.308 e. The summed E-state index contributed by atoms with van der Waals surface area (Å²) in [6, 6.07) is 27.7. The van der Waals surface area contributed by atoms with E-state index in [2.05, 4.69) is 50.2 Å². The molecule has 250 valence electrons. The van der Waals surface area contributed by atoms with Crippen LogP contribution < -0.4 is 0 Å². The molecule has 7 aromatic carbocycles. The third-order valence-corrected chi connectivity index (χ3v) is 11.4. The number of rotatable bonds is 4. The van der Waals surface area contributed by atoms with Crippen molar-refractivity contribution in [2.24, 2.45) is 0 Å². The quantitative estimate of drug-likeness (QED) is 0.183. The maximum Gasteiger partial charge on any atom is 0.164 e. The lowest BCUT2D eigenvalue weighted by Crippen LogP contribution is -2.15. The molecule has 3 heterocycles. The molecule has 0 atom stereocenters. The Bertz CT molecular complexity index is 3670. The van der Waals surface area contributed by atoms with Crippen LogP contribution in [-0.4, -0.2) is 19.5 Å². The standard InChI is InChI=1S/C48H32N4S/c1-48(2)39-20-9-6-17-33(39)34-24-23-31(28-40(34)48)47-50-45(29-13-4-3-5-14-29)49-46(51-47)30-15-12-16-32(27-30)52-41-21-10-7-18-35(41)37-25-26-38-36-19-8-11-22-42(36)53-44(38)43(37)52/h3-28H,1-2H3/i7D,8D,10D,11D,18D,19D,21D,22D,25D,26D. The van der Waals surface area contributed by atoms with Crippen LogP contribution in [0.15, 0.2) is 157 Å². The van der Waals surface area contributed by atoms with Crippen LogP contribution in [0.5, 0.6) is 0 Å². The third-order valence-electron chi connectivity index (χ3n) is 10.3. The van der Waals surface area contributed by atoms with Gasteiger partial charge in [-0.3, -0.25) is 0 Å². The minimum atomic E-state index is -0.493. The molecule has 10 aromatic rings. The molecule has 0 aliphatic heterocycles. The lowest BCUT2D eigenvalue weighted by Gasteiger charge is -2.21. The Kier molecular flexibility index (Phi) is 4.65. The van der Waals surface area contributed by atoms with Gasteiger partial charge in [0.15, 0.2) is 17.5 Å². The summed E-state index contributed by atoms with van der Waals surface area (Å²) in [5.74, 6) is 1.25. The molecule has 0 saturated heterocycles. The van der Waals surface area contributed by atoms with Gasteiger partial charge in [0, 0.05) is 54.0 Å². The zero-order chi connectivity index (χ0) is 44.0. The fourth-order valence-electron chi connectivity index (χ4n) is 7.80. The van der Waals surface area contributed by atoms with Gasteiger partial charge in [-0.2, -0.15) is 0 Å². The molecular weight excluding hydrogens is 665 g/mol. The predicted octanol–water partition coefficient (Wildman–Crippen LogP) is 12.6. The molecule has 0 unspecified atom stereocenters. The first-order chi connectivity index (χ1) is 30.2. The summed E-state index contributed by atoms with van der Waals surface area (Å²) in [5.41, 5.74) is 7.45. The Hall–Kier alpha value is -6.43. The number of nitrogens with zero attached hydrogens (tertiary/aromatic N) is 4. The summed E-state index contributed by atoms with van der Waals surface area (Å²) in [5, 5.41) is 0.410. The summed E-state index contributed by atoms with van der Waals surface area (Å²) < 4.78 is 91.0. The molecule has 1 aliphatic carbocycles. The summed E-state index contributed by atoms with van der Waals surface area (Å²) in [4.78, 5) is 15.1. The van der Waals surface area contributed by atoms with E-state index in [1.807, 2.05) is 48.5 Å². The highest BCUT2D eigenvalue weighted by molar-refractivity contribution is 7.26. The molecule has 0 radical (unpaired) electrons. The Morgan fingerprint density at radius 2 is 1.21 bits per heavy atom. The first-order valence-electron chi connectivity index (χ1n) is 22.2. The molecule has 11 rings (SSSR count). The summed E-state index contributed by atoms with van der Waals surface area (Å²) in [6.07, 6.45) is 0. The van der Waals surface area contributed by atoms with Crippen LogP contribution in [0.3, 0.4) is 0 Å². The molecule has 0 amide bonds. The Morgan fingerprint density at radius 1 is 0.547 bits per heavy atom. The van der Waals surface area contributed by atoms with Crippen molar-refractivity contribution in [1.82, 2.24) is 19.5 Å². The SMILES string of the molecule is [2H]c1c([2H])c([2H])c2c(sc3c2c([2H])c([2H])c2c4c([2H])c([2H])c([2H])c([2H])c4n(-c4cccc(-c5nc(-c6ccccc6)nc(-c6ccc7c(c6)C(C)(C)c6ccccc6-7)n5)c4)c32)c1[2H]. The van der Waals surface area contributed by atoms with Gasteiger partial charge in [-0.05, 0) is 52.5 Å². The van der Waals surface area contributed by atoms with Crippen molar-refractivity contribution in [2.75, 3.05) is 0 Å². The fraction of sp³-hybridized carbons (Fsp3) is 0.0625. The summed E-state index contributed by atoms with van der Waals surface area (Å²) in [7, 11) is 0. The Labute approximate surface area is 324 Å². The smallest absolute Gasteiger partial charge is 0.164 e. The van der Waals surface area contributed by atoms with Gasteiger partial charge in [-0.15, -0.1) is 11.3 Å². The van der Waals surface area contributed by atoms with Gasteiger partial charge in [0.05, 0.1) is 29.4 Å². The van der Waals surface area contributed by atoms with Crippen LogP contribution in [0.1, 0.15) is 38.7 Å². The van der Waals surface area contributed by atoms with Crippen molar-refractivity contribution in [3.63, 3.8) is 0 Å². The minimum absolute atomic E-state index is 0.0503. The molecule has 0 N–H and O–H groups in total. The normalized spacial score (nSPS) is 15.9. The van der Waals surface area contributed by atoms with E-state index in [0.717, 1.165) is 33.6 Å². The van der Waals surface area contributed by atoms with E-state index in [4.69, 9.17) is 24.5 Å². The monoisotopic (exact) mass is 706 g/mol. The van der Waals surface area contributed by atoms with E-state index in [1.54, 1.807) is 16.7 Å². The zero-order valence-electron chi connectivity index (χ0n) is 38.4. The number of para-hydroxylation sites is 1. The maximum absolute atomic E-state index is 9.38. The van der Waals surface area contributed by atoms with Gasteiger partial charge in [-0.1, -0.05) is 141 Å². The van der Waals surface area contributed by atoms with Crippen molar-refractivity contribution < 1.29 is 13.7 Å². The molecule has 0 spiro atoms. The first-order valence-corrected chi connectivity index (χ1v) is 18.0. The average Bonchev–Trinajstić information content (AvgIpc) is 3.95. The third kappa shape index (κ3) is 4.51. The van der Waals surface area contributed by atoms with Gasteiger partial charge < -0.3 is 4.57 Å². The van der Waals surface area contributed by atoms with E-state index in [1.165, 1.54) is 11.1 Å². The maximum atomic E-state index is 9.38. The largest absolute Gasteiger partial charge is 0.308 e. The van der Waals surface area contributed by atoms with E-state index in [-0.39, 0.29) is 78.9 Å². The highest BCUT2D eigenvalue weighted by Gasteiger charge is 2.35. The topological polar surface area (TPSA) is 43.6 Å². The van der Waals surface area contributed by atoms with Crippen LogP contribution >= 0.6 is 11.3 Å². The van der Waals surface area contributed by atoms with Crippen LogP contribution in [-0.2, 0) is 5.41 Å². The summed E-state index contributed by atoms with van der Waals surface area (Å²) >= 11 is 1.04. The molecule has 0 fully saturated rings. The molecular formula is C48H32N4S. The number of hydrogen-bond donors (Lipinski definition) is 0. The predicted molar refractivity (Wildman–Crippen MR) is 221 cm³/mol. The van der Waals surface area contributed by atoms with Crippen LogP contribution in [0.25, 0.3) is 93.0 Å². The van der Waals surface area contributed by atoms with E-state index in [0.29, 0.717) is 33.4 Å². The van der Waals surface area contributed by atoms with Crippen molar-refractivity contribution in [3.8, 4) is 51.0 Å². The van der Waals surface area contributed by atoms with Crippen molar-refractivity contribution in [1.29, 1.82) is 0 Å². The lowest BCUT2D eigenvalue weighted by atomic mass is 9.82. The van der Waals surface area contributed by atoms with Crippen molar-refractivity contribution in [3.05, 3.63) is 169 Å². The number of thiophene rings is 1. The number of aromatic nitrogens is 4. The van der Waals surface area contributed by atoms with Crippen molar-refractivity contribution >= 4 is 53.3 Å². The fourth-order valence-corrected chi connectivity index (χ4v) is 8.91. The molecule has 4 nitrogen and oxygen atoms in total. The van der Waals surface area contributed by atoms with Gasteiger partial charge in [-0.25, -0.2) is 15.0 Å². The highest BCUT2D eigenvalue weighted by atomic mass is 32.1. The van der Waals surface area contributed by atoms with E-state index < -0.39 is 24.2 Å². The van der Waals surface area contributed by atoms with Crippen molar-refractivity contribution in [2.45, 2.75) is 19.3 Å². The summed E-state index contributed by atoms with van der Waals surface area (Å²) in [6.45, 7) is 4.43. The first kappa shape index (κ1) is 21.8. The highest BCUT2D eigenvalue weighted by Crippen LogP contribution is 2.49. The lowest BCUT2D eigenvalue weighted by molar-refractivity contribution is 0.660. The van der Waals surface area contributed by atoms with Gasteiger partial charge >= 0.3 is 0 Å². The molecule has 0 bridgehead atoms. The second kappa shape index (κ2) is 11.3. The van der Waals surface area contributed by atoms with Gasteiger partial charge in [0.25, 0.3) is 0 Å². The van der Waals surface area contributed by atoms with Gasteiger partial charge in [0.1, 0.15) is 0 Å².